The first-order chi connectivity index (χ1) is 12.2. The maximum Gasteiger partial charge on any atom is 0.282 e. The second kappa shape index (κ2) is 6.33. The predicted octanol–water partition coefficient (Wildman–Crippen LogP) is 2.93. The van der Waals surface area contributed by atoms with Crippen LogP contribution in [0.1, 0.15) is 28.8 Å². The predicted molar refractivity (Wildman–Crippen MR) is 98.2 cm³/mol. The Bertz CT molecular complexity index is 1040. The van der Waals surface area contributed by atoms with E-state index in [2.05, 4.69) is 10.1 Å². The highest BCUT2D eigenvalue weighted by Gasteiger charge is 2.19. The molecule has 3 aromatic rings. The van der Waals surface area contributed by atoms with Crippen LogP contribution in [0.4, 0.5) is 0 Å². The number of phenols is 1. The molecule has 0 spiro atoms. The summed E-state index contributed by atoms with van der Waals surface area (Å²) in [4.78, 5) is 19.3. The van der Waals surface area contributed by atoms with Gasteiger partial charge in [0.1, 0.15) is 11.2 Å². The molecular formula is C18H17N3O3S. The number of aromatic nitrogens is 2. The molecule has 0 bridgehead atoms. The summed E-state index contributed by atoms with van der Waals surface area (Å²) in [5.74, 6) is 0.418. The van der Waals surface area contributed by atoms with Crippen LogP contribution < -0.4 is 10.3 Å². The number of thiophene rings is 1. The van der Waals surface area contributed by atoms with Crippen molar-refractivity contribution >= 4 is 27.8 Å². The molecule has 1 aromatic carbocycles. The second-order valence-electron chi connectivity index (χ2n) is 5.96. The standard InChI is InChI=1S/C18H17N3O3S/c1-24-14-7-6-11(8-13(14)22)9-20-21-10-19-17-16(18(21)23)12-4-2-3-5-15(12)25-17/h6-10,22H,2-5H2,1H3. The zero-order valence-corrected chi connectivity index (χ0v) is 14.5. The Balaban J connectivity index is 1.73. The molecule has 0 aliphatic heterocycles. The minimum atomic E-state index is -0.140. The third-order valence-corrected chi connectivity index (χ3v) is 5.59. The third-order valence-electron chi connectivity index (χ3n) is 4.39. The number of aryl methyl sites for hydroxylation is 2. The molecule has 0 atom stereocenters. The SMILES string of the molecule is COc1ccc(C=Nn2cnc3sc4c(c3c2=O)CCCC4)cc1O. The molecule has 0 saturated carbocycles. The molecule has 0 radical (unpaired) electrons. The lowest BCUT2D eigenvalue weighted by atomic mass is 9.97. The molecule has 128 valence electrons. The van der Waals surface area contributed by atoms with E-state index in [0.717, 1.165) is 29.7 Å². The van der Waals surface area contributed by atoms with E-state index in [-0.39, 0.29) is 11.3 Å². The van der Waals surface area contributed by atoms with Crippen LogP contribution in [0.15, 0.2) is 34.4 Å². The Morgan fingerprint density at radius 2 is 2.20 bits per heavy atom. The van der Waals surface area contributed by atoms with Crippen LogP contribution in [-0.2, 0) is 12.8 Å². The lowest BCUT2D eigenvalue weighted by Crippen LogP contribution is -2.18. The molecule has 1 N–H and O–H groups in total. The topological polar surface area (TPSA) is 76.7 Å². The van der Waals surface area contributed by atoms with E-state index in [4.69, 9.17) is 4.74 Å². The number of benzene rings is 1. The fourth-order valence-electron chi connectivity index (χ4n) is 3.14. The summed E-state index contributed by atoms with van der Waals surface area (Å²) in [5.41, 5.74) is 1.67. The summed E-state index contributed by atoms with van der Waals surface area (Å²) < 4.78 is 6.27. The van der Waals surface area contributed by atoms with Crippen LogP contribution in [0, 0.1) is 0 Å². The summed E-state index contributed by atoms with van der Waals surface area (Å²) in [7, 11) is 1.49. The van der Waals surface area contributed by atoms with Crippen LogP contribution in [-0.4, -0.2) is 28.1 Å². The number of fused-ring (bicyclic) bond motifs is 3. The van der Waals surface area contributed by atoms with Crippen LogP contribution in [0.25, 0.3) is 10.2 Å². The van der Waals surface area contributed by atoms with Gasteiger partial charge in [0.15, 0.2) is 11.5 Å². The summed E-state index contributed by atoms with van der Waals surface area (Å²) in [6.07, 6.45) is 7.23. The van der Waals surface area contributed by atoms with Gasteiger partial charge in [-0.05, 0) is 55.0 Å². The fourth-order valence-corrected chi connectivity index (χ4v) is 4.36. The van der Waals surface area contributed by atoms with Crippen molar-refractivity contribution in [2.75, 3.05) is 7.11 Å². The van der Waals surface area contributed by atoms with E-state index < -0.39 is 0 Å². The number of phenolic OH excluding ortho intramolecular Hbond substituents is 1. The average molecular weight is 355 g/mol. The Hall–Kier alpha value is -2.67. The van der Waals surface area contributed by atoms with Gasteiger partial charge in [-0.3, -0.25) is 4.79 Å². The van der Waals surface area contributed by atoms with Crippen molar-refractivity contribution in [2.24, 2.45) is 5.10 Å². The summed E-state index contributed by atoms with van der Waals surface area (Å²) in [5, 5.41) is 14.7. The molecule has 2 heterocycles. The number of rotatable bonds is 3. The molecule has 25 heavy (non-hydrogen) atoms. The Kier molecular flexibility index (Phi) is 4.01. The average Bonchev–Trinajstić information content (AvgIpc) is 3.00. The highest BCUT2D eigenvalue weighted by atomic mass is 32.1. The first-order valence-electron chi connectivity index (χ1n) is 8.10. The molecule has 0 unspecified atom stereocenters. The van der Waals surface area contributed by atoms with E-state index in [1.54, 1.807) is 23.5 Å². The molecule has 4 rings (SSSR count). The zero-order chi connectivity index (χ0) is 17.4. The largest absolute Gasteiger partial charge is 0.504 e. The molecule has 6 nitrogen and oxygen atoms in total. The highest BCUT2D eigenvalue weighted by Crippen LogP contribution is 2.33. The Labute approximate surface area is 148 Å². The lowest BCUT2D eigenvalue weighted by molar-refractivity contribution is 0.373. The van der Waals surface area contributed by atoms with E-state index in [1.807, 2.05) is 0 Å². The lowest BCUT2D eigenvalue weighted by Gasteiger charge is -2.09. The summed E-state index contributed by atoms with van der Waals surface area (Å²) in [6, 6.07) is 4.94. The number of hydrogen-bond acceptors (Lipinski definition) is 6. The first kappa shape index (κ1) is 15.8. The van der Waals surface area contributed by atoms with Gasteiger partial charge in [-0.2, -0.15) is 9.78 Å². The number of methoxy groups -OCH3 is 1. The van der Waals surface area contributed by atoms with Crippen LogP contribution in [0.5, 0.6) is 11.5 Å². The first-order valence-corrected chi connectivity index (χ1v) is 8.92. The molecule has 0 saturated heterocycles. The van der Waals surface area contributed by atoms with E-state index >= 15 is 0 Å². The number of hydrogen-bond donors (Lipinski definition) is 1. The van der Waals surface area contributed by atoms with Gasteiger partial charge in [0, 0.05) is 4.88 Å². The maximum atomic E-state index is 12.8. The van der Waals surface area contributed by atoms with Crippen molar-refractivity contribution in [2.45, 2.75) is 25.7 Å². The van der Waals surface area contributed by atoms with Gasteiger partial charge in [-0.15, -0.1) is 11.3 Å². The van der Waals surface area contributed by atoms with Gasteiger partial charge >= 0.3 is 0 Å². The highest BCUT2D eigenvalue weighted by molar-refractivity contribution is 7.18. The van der Waals surface area contributed by atoms with Gasteiger partial charge in [0.05, 0.1) is 18.7 Å². The van der Waals surface area contributed by atoms with Crippen molar-refractivity contribution in [3.8, 4) is 11.5 Å². The summed E-state index contributed by atoms with van der Waals surface area (Å²) in [6.45, 7) is 0. The van der Waals surface area contributed by atoms with Crippen molar-refractivity contribution in [1.29, 1.82) is 0 Å². The number of nitrogens with zero attached hydrogens (tertiary/aromatic N) is 3. The Morgan fingerprint density at radius 3 is 3.00 bits per heavy atom. The third kappa shape index (κ3) is 2.80. The monoisotopic (exact) mass is 355 g/mol. The molecule has 0 amide bonds. The smallest absolute Gasteiger partial charge is 0.282 e. The van der Waals surface area contributed by atoms with E-state index in [0.29, 0.717) is 16.7 Å². The van der Waals surface area contributed by atoms with Crippen molar-refractivity contribution in [3.05, 3.63) is 50.9 Å². The molecule has 1 aliphatic rings. The molecular weight excluding hydrogens is 338 g/mol. The van der Waals surface area contributed by atoms with Crippen molar-refractivity contribution in [3.63, 3.8) is 0 Å². The van der Waals surface area contributed by atoms with Crippen molar-refractivity contribution < 1.29 is 9.84 Å². The number of aromatic hydroxyl groups is 1. The van der Waals surface area contributed by atoms with Gasteiger partial charge in [-0.1, -0.05) is 0 Å². The number of ether oxygens (including phenoxy) is 1. The molecule has 2 aromatic heterocycles. The zero-order valence-electron chi connectivity index (χ0n) is 13.7. The Morgan fingerprint density at radius 1 is 1.36 bits per heavy atom. The van der Waals surface area contributed by atoms with E-state index in [1.165, 1.54) is 41.7 Å². The van der Waals surface area contributed by atoms with Gasteiger partial charge < -0.3 is 9.84 Å². The van der Waals surface area contributed by atoms with Gasteiger partial charge in [0.25, 0.3) is 5.56 Å². The van der Waals surface area contributed by atoms with Crippen LogP contribution in [0.2, 0.25) is 0 Å². The van der Waals surface area contributed by atoms with Crippen LogP contribution in [0.3, 0.4) is 0 Å². The molecule has 1 aliphatic carbocycles. The van der Waals surface area contributed by atoms with E-state index in [9.17, 15) is 9.90 Å². The van der Waals surface area contributed by atoms with Gasteiger partial charge in [0.2, 0.25) is 0 Å². The summed E-state index contributed by atoms with van der Waals surface area (Å²) >= 11 is 1.62. The normalized spacial score (nSPS) is 14.1. The molecule has 0 fully saturated rings. The van der Waals surface area contributed by atoms with Crippen molar-refractivity contribution in [1.82, 2.24) is 9.66 Å². The quantitative estimate of drug-likeness (QED) is 0.733. The molecule has 7 heteroatoms. The minimum Gasteiger partial charge on any atom is -0.504 e. The van der Waals surface area contributed by atoms with Gasteiger partial charge in [-0.25, -0.2) is 4.98 Å². The van der Waals surface area contributed by atoms with Crippen LogP contribution >= 0.6 is 11.3 Å². The minimum absolute atomic E-state index is 0.0271. The maximum absolute atomic E-state index is 12.8. The fraction of sp³-hybridized carbons (Fsp3) is 0.278. The second-order valence-corrected chi connectivity index (χ2v) is 7.04.